The fraction of sp³-hybridized carbons (Fsp3) is 0.350. The topological polar surface area (TPSA) is 75.7 Å². The molecule has 0 fully saturated rings. The molecule has 28 heavy (non-hydrogen) atoms. The van der Waals surface area contributed by atoms with Crippen molar-refractivity contribution in [2.75, 3.05) is 24.2 Å². The van der Waals surface area contributed by atoms with Crippen molar-refractivity contribution in [3.63, 3.8) is 0 Å². The number of aryl methyl sites for hydroxylation is 1. The van der Waals surface area contributed by atoms with Crippen LogP contribution >= 0.6 is 11.6 Å². The number of methoxy groups -OCH3 is 1. The summed E-state index contributed by atoms with van der Waals surface area (Å²) in [6, 6.07) is 12.6. The van der Waals surface area contributed by atoms with Crippen LogP contribution in [0, 0.1) is 6.92 Å². The van der Waals surface area contributed by atoms with Crippen LogP contribution < -0.4 is 14.4 Å². The molecule has 6 nitrogen and oxygen atoms in total. The van der Waals surface area contributed by atoms with Gasteiger partial charge in [-0.25, -0.2) is 8.42 Å². The third-order valence-electron chi connectivity index (χ3n) is 4.33. The van der Waals surface area contributed by atoms with Crippen molar-refractivity contribution in [1.29, 1.82) is 0 Å². The Morgan fingerprint density at radius 1 is 1.21 bits per heavy atom. The molecule has 0 aromatic heterocycles. The van der Waals surface area contributed by atoms with Gasteiger partial charge in [-0.2, -0.15) is 0 Å². The molecule has 0 unspecified atom stereocenters. The minimum Gasteiger partial charge on any atom is -0.495 e. The number of carbonyl (C=O) groups is 1. The van der Waals surface area contributed by atoms with E-state index in [9.17, 15) is 13.2 Å². The lowest BCUT2D eigenvalue weighted by molar-refractivity contribution is -0.121. The van der Waals surface area contributed by atoms with Crippen LogP contribution in [0.5, 0.6) is 5.75 Å². The van der Waals surface area contributed by atoms with E-state index in [0.29, 0.717) is 29.4 Å². The summed E-state index contributed by atoms with van der Waals surface area (Å²) in [5.74, 6) is 0.346. The van der Waals surface area contributed by atoms with Crippen LogP contribution in [0.25, 0.3) is 0 Å². The lowest BCUT2D eigenvalue weighted by Crippen LogP contribution is -2.32. The van der Waals surface area contributed by atoms with Gasteiger partial charge in [0.25, 0.3) is 0 Å². The molecule has 0 aliphatic rings. The van der Waals surface area contributed by atoms with Gasteiger partial charge in [-0.1, -0.05) is 35.9 Å². The normalized spacial score (nSPS) is 11.1. The summed E-state index contributed by atoms with van der Waals surface area (Å²) >= 11 is 6.11. The predicted molar refractivity (Wildman–Crippen MR) is 112 cm³/mol. The monoisotopic (exact) mass is 424 g/mol. The molecule has 0 radical (unpaired) electrons. The first-order valence-electron chi connectivity index (χ1n) is 8.85. The molecule has 2 rings (SSSR count). The Bertz CT molecular complexity index is 932. The van der Waals surface area contributed by atoms with E-state index >= 15 is 0 Å². The maximum atomic E-state index is 12.2. The lowest BCUT2D eigenvalue weighted by Gasteiger charge is -2.23. The number of carbonyl (C=O) groups excluding carboxylic acids is 1. The number of ether oxygens (including phenoxy) is 1. The SMILES string of the molecule is COc1ccc(N(CCCC(=O)NCc2ccccc2C)S(C)(=O)=O)cc1Cl. The number of nitrogens with zero attached hydrogens (tertiary/aromatic N) is 1. The number of hydrogen-bond acceptors (Lipinski definition) is 4. The number of sulfonamides is 1. The third kappa shape index (κ3) is 6.14. The number of halogens is 1. The van der Waals surface area contributed by atoms with Gasteiger partial charge in [0, 0.05) is 19.5 Å². The quantitative estimate of drug-likeness (QED) is 0.668. The highest BCUT2D eigenvalue weighted by molar-refractivity contribution is 7.92. The molecule has 0 aliphatic carbocycles. The smallest absolute Gasteiger partial charge is 0.232 e. The van der Waals surface area contributed by atoms with E-state index < -0.39 is 10.0 Å². The zero-order valence-corrected chi connectivity index (χ0v) is 17.8. The van der Waals surface area contributed by atoms with Gasteiger partial charge in [-0.3, -0.25) is 9.10 Å². The molecule has 2 aromatic carbocycles. The summed E-state index contributed by atoms with van der Waals surface area (Å²) in [6.45, 7) is 2.63. The Balaban J connectivity index is 1.94. The molecular formula is C20H25ClN2O4S. The van der Waals surface area contributed by atoms with Gasteiger partial charge in [0.05, 0.1) is 24.1 Å². The standard InChI is InChI=1S/C20H25ClN2O4S/c1-15-7-4-5-8-16(15)14-22-20(24)9-6-12-23(28(3,25)26)17-10-11-19(27-2)18(21)13-17/h4-5,7-8,10-11,13H,6,9,12,14H2,1-3H3,(H,22,24). The van der Waals surface area contributed by atoms with Gasteiger partial charge in [0.15, 0.2) is 0 Å². The van der Waals surface area contributed by atoms with Gasteiger partial charge >= 0.3 is 0 Å². The molecule has 2 aromatic rings. The van der Waals surface area contributed by atoms with E-state index in [-0.39, 0.29) is 18.9 Å². The second kappa shape index (κ2) is 9.80. The first-order chi connectivity index (χ1) is 13.2. The highest BCUT2D eigenvalue weighted by Crippen LogP contribution is 2.30. The van der Waals surface area contributed by atoms with E-state index in [1.807, 2.05) is 31.2 Å². The Morgan fingerprint density at radius 3 is 2.54 bits per heavy atom. The Kier molecular flexibility index (Phi) is 7.71. The second-order valence-corrected chi connectivity index (χ2v) is 8.77. The molecule has 152 valence electrons. The summed E-state index contributed by atoms with van der Waals surface area (Å²) in [4.78, 5) is 12.1. The molecule has 0 aliphatic heterocycles. The summed E-state index contributed by atoms with van der Waals surface area (Å²) in [7, 11) is -2.02. The largest absolute Gasteiger partial charge is 0.495 e. The van der Waals surface area contributed by atoms with Crippen LogP contribution in [-0.4, -0.2) is 34.2 Å². The molecule has 0 saturated heterocycles. The maximum Gasteiger partial charge on any atom is 0.232 e. The molecule has 0 atom stereocenters. The maximum absolute atomic E-state index is 12.2. The number of hydrogen-bond donors (Lipinski definition) is 1. The van der Waals surface area contributed by atoms with E-state index in [4.69, 9.17) is 16.3 Å². The molecular weight excluding hydrogens is 400 g/mol. The van der Waals surface area contributed by atoms with Gasteiger partial charge in [-0.15, -0.1) is 0 Å². The lowest BCUT2D eigenvalue weighted by atomic mass is 10.1. The van der Waals surface area contributed by atoms with Crippen LogP contribution in [0.3, 0.4) is 0 Å². The van der Waals surface area contributed by atoms with E-state index in [2.05, 4.69) is 5.32 Å². The zero-order valence-electron chi connectivity index (χ0n) is 16.2. The fourth-order valence-corrected chi connectivity index (χ4v) is 3.98. The van der Waals surface area contributed by atoms with Crippen molar-refractivity contribution in [1.82, 2.24) is 5.32 Å². The van der Waals surface area contributed by atoms with Gasteiger partial charge in [0.1, 0.15) is 5.75 Å². The minimum absolute atomic E-state index is 0.121. The summed E-state index contributed by atoms with van der Waals surface area (Å²) in [6.07, 6.45) is 1.74. The van der Waals surface area contributed by atoms with Crippen molar-refractivity contribution < 1.29 is 17.9 Å². The molecule has 0 bridgehead atoms. The highest BCUT2D eigenvalue weighted by atomic mass is 35.5. The predicted octanol–water partition coefficient (Wildman–Crippen LogP) is 3.52. The first kappa shape index (κ1) is 22.0. The minimum atomic E-state index is -3.51. The van der Waals surface area contributed by atoms with Crippen molar-refractivity contribution in [2.45, 2.75) is 26.3 Å². The van der Waals surface area contributed by atoms with E-state index in [1.54, 1.807) is 18.2 Å². The van der Waals surface area contributed by atoms with Crippen molar-refractivity contribution in [2.24, 2.45) is 0 Å². The van der Waals surface area contributed by atoms with Gasteiger partial charge in [0.2, 0.25) is 15.9 Å². The van der Waals surface area contributed by atoms with Crippen LogP contribution in [0.4, 0.5) is 5.69 Å². The zero-order chi connectivity index (χ0) is 20.7. The number of amides is 1. The molecule has 1 amide bonds. The van der Waals surface area contributed by atoms with Crippen molar-refractivity contribution in [3.8, 4) is 5.75 Å². The third-order valence-corrected chi connectivity index (χ3v) is 5.82. The summed E-state index contributed by atoms with van der Waals surface area (Å²) in [5, 5.41) is 3.20. The molecule has 0 spiro atoms. The Hall–Kier alpha value is -2.25. The second-order valence-electron chi connectivity index (χ2n) is 6.46. The number of nitrogens with one attached hydrogen (secondary N) is 1. The van der Waals surface area contributed by atoms with Crippen molar-refractivity contribution >= 4 is 33.2 Å². The molecule has 0 saturated carbocycles. The van der Waals surface area contributed by atoms with Gasteiger partial charge < -0.3 is 10.1 Å². The van der Waals surface area contributed by atoms with Crippen LogP contribution in [0.15, 0.2) is 42.5 Å². The fourth-order valence-electron chi connectivity index (χ4n) is 2.77. The first-order valence-corrected chi connectivity index (χ1v) is 11.1. The Labute approximate surface area is 171 Å². The average Bonchev–Trinajstić information content (AvgIpc) is 2.63. The van der Waals surface area contributed by atoms with Gasteiger partial charge in [-0.05, 0) is 42.7 Å². The van der Waals surface area contributed by atoms with Crippen LogP contribution in [0.1, 0.15) is 24.0 Å². The molecule has 8 heteroatoms. The van der Waals surface area contributed by atoms with Crippen molar-refractivity contribution in [3.05, 3.63) is 58.6 Å². The Morgan fingerprint density at radius 2 is 1.93 bits per heavy atom. The van der Waals surface area contributed by atoms with E-state index in [0.717, 1.165) is 17.4 Å². The number of anilines is 1. The van der Waals surface area contributed by atoms with E-state index in [1.165, 1.54) is 11.4 Å². The number of rotatable bonds is 9. The number of benzene rings is 2. The highest BCUT2D eigenvalue weighted by Gasteiger charge is 2.19. The van der Waals surface area contributed by atoms with Crippen LogP contribution in [0.2, 0.25) is 5.02 Å². The molecule has 0 heterocycles. The summed E-state index contributed by atoms with van der Waals surface area (Å²) in [5.41, 5.74) is 2.61. The van der Waals surface area contributed by atoms with Crippen LogP contribution in [-0.2, 0) is 21.4 Å². The molecule has 1 N–H and O–H groups in total. The average molecular weight is 425 g/mol. The summed E-state index contributed by atoms with van der Waals surface area (Å²) < 4.78 is 30.7.